The van der Waals surface area contributed by atoms with Gasteiger partial charge in [-0.05, 0) is 82.6 Å². The molecule has 0 spiro atoms. The van der Waals surface area contributed by atoms with Crippen molar-refractivity contribution < 1.29 is 4.74 Å². The molecular formula is C26H24Cl2O. The molecule has 0 aliphatic heterocycles. The van der Waals surface area contributed by atoms with Gasteiger partial charge in [0.15, 0.2) is 0 Å². The first-order chi connectivity index (χ1) is 14.3. The summed E-state index contributed by atoms with van der Waals surface area (Å²) in [6.07, 6.45) is 3.64. The Kier molecular flexibility index (Phi) is 6.59. The molecule has 0 heterocycles. The molecular weight excluding hydrogens is 399 g/mol. The van der Waals surface area contributed by atoms with Crippen LogP contribution < -0.4 is 4.74 Å². The Labute approximate surface area is 182 Å². The number of halogens is 2. The Morgan fingerprint density at radius 1 is 0.552 bits per heavy atom. The lowest BCUT2D eigenvalue weighted by Crippen LogP contribution is -1.98. The largest absolute Gasteiger partial charge is 0.457 e. The molecule has 0 fully saturated rings. The van der Waals surface area contributed by atoms with Gasteiger partial charge in [0, 0.05) is 11.8 Å². The fraction of sp³-hybridized carbons (Fsp3) is 0.231. The third-order valence-electron chi connectivity index (χ3n) is 5.24. The van der Waals surface area contributed by atoms with Gasteiger partial charge in [-0.15, -0.1) is 23.2 Å². The normalized spacial score (nSPS) is 11.2. The fourth-order valence-electron chi connectivity index (χ4n) is 3.75. The fourth-order valence-corrected chi connectivity index (χ4v) is 4.01. The minimum atomic E-state index is 0.642. The van der Waals surface area contributed by atoms with Crippen LogP contribution in [0.3, 0.4) is 0 Å². The quantitative estimate of drug-likeness (QED) is 0.260. The van der Waals surface area contributed by atoms with Gasteiger partial charge in [-0.1, -0.05) is 48.5 Å². The van der Waals surface area contributed by atoms with E-state index in [2.05, 4.69) is 72.8 Å². The summed E-state index contributed by atoms with van der Waals surface area (Å²) in [5.74, 6) is 3.11. The van der Waals surface area contributed by atoms with E-state index in [0.717, 1.165) is 37.2 Å². The van der Waals surface area contributed by atoms with Gasteiger partial charge in [0.05, 0.1) is 0 Å². The topological polar surface area (TPSA) is 9.23 Å². The highest BCUT2D eigenvalue weighted by atomic mass is 35.5. The second kappa shape index (κ2) is 9.52. The van der Waals surface area contributed by atoms with E-state index in [-0.39, 0.29) is 0 Å². The third kappa shape index (κ3) is 4.69. The van der Waals surface area contributed by atoms with Crippen LogP contribution in [0.2, 0.25) is 0 Å². The van der Waals surface area contributed by atoms with Crippen LogP contribution in [-0.2, 0) is 12.8 Å². The predicted molar refractivity (Wildman–Crippen MR) is 126 cm³/mol. The second-order valence-corrected chi connectivity index (χ2v) is 8.06. The molecule has 0 amide bonds. The Bertz CT molecular complexity index is 1030. The highest BCUT2D eigenvalue weighted by Crippen LogP contribution is 2.35. The molecule has 0 saturated heterocycles. The molecule has 4 aromatic rings. The third-order valence-corrected chi connectivity index (χ3v) is 5.77. The lowest BCUT2D eigenvalue weighted by atomic mass is 10.0. The average Bonchev–Trinajstić information content (AvgIpc) is 2.76. The first kappa shape index (κ1) is 20.1. The minimum Gasteiger partial charge on any atom is -0.457 e. The van der Waals surface area contributed by atoms with Crippen molar-refractivity contribution >= 4 is 44.7 Å². The Balaban J connectivity index is 1.79. The van der Waals surface area contributed by atoms with Crippen molar-refractivity contribution in [3.8, 4) is 11.5 Å². The molecule has 0 bridgehead atoms. The summed E-state index contributed by atoms with van der Waals surface area (Å²) in [5.41, 5.74) is 2.39. The van der Waals surface area contributed by atoms with E-state index < -0.39 is 0 Å². The zero-order valence-corrected chi connectivity index (χ0v) is 17.8. The summed E-state index contributed by atoms with van der Waals surface area (Å²) < 4.78 is 6.56. The molecule has 0 unspecified atom stereocenters. The number of ether oxygens (including phenoxy) is 1. The van der Waals surface area contributed by atoms with Crippen LogP contribution in [0.5, 0.6) is 11.5 Å². The molecule has 29 heavy (non-hydrogen) atoms. The summed E-state index contributed by atoms with van der Waals surface area (Å²) in [6.45, 7) is 0. The molecule has 148 valence electrons. The first-order valence-electron chi connectivity index (χ1n) is 10.1. The van der Waals surface area contributed by atoms with Gasteiger partial charge in [-0.25, -0.2) is 0 Å². The second-order valence-electron chi connectivity index (χ2n) is 7.30. The smallest absolute Gasteiger partial charge is 0.131 e. The first-order valence-corrected chi connectivity index (χ1v) is 11.2. The number of hydrogen-bond acceptors (Lipinski definition) is 1. The predicted octanol–water partition coefficient (Wildman–Crippen LogP) is 8.13. The van der Waals surface area contributed by atoms with Crippen LogP contribution >= 0.6 is 23.2 Å². The van der Waals surface area contributed by atoms with Crippen LogP contribution in [0.25, 0.3) is 21.5 Å². The highest BCUT2D eigenvalue weighted by molar-refractivity contribution is 6.18. The van der Waals surface area contributed by atoms with Crippen LogP contribution in [-0.4, -0.2) is 11.8 Å². The zero-order valence-electron chi connectivity index (χ0n) is 16.3. The summed E-state index contributed by atoms with van der Waals surface area (Å²) in [5, 5.41) is 4.82. The van der Waals surface area contributed by atoms with E-state index in [1.54, 1.807) is 0 Å². The van der Waals surface area contributed by atoms with Crippen LogP contribution in [0, 0.1) is 0 Å². The van der Waals surface area contributed by atoms with Gasteiger partial charge in [0.2, 0.25) is 0 Å². The summed E-state index contributed by atoms with van der Waals surface area (Å²) in [7, 11) is 0. The molecule has 0 aliphatic carbocycles. The standard InChI is InChI=1S/C26H24Cl2O/c27-13-5-11-23-15-19-7-1-3-9-21(19)17-25(23)29-26-18-22-10-4-2-8-20(22)16-24(26)12-6-14-28/h1-4,7-10,15-18H,5-6,11-14H2. The molecule has 0 atom stereocenters. The number of hydrogen-bond donors (Lipinski definition) is 0. The molecule has 4 aromatic carbocycles. The maximum atomic E-state index is 6.56. The van der Waals surface area contributed by atoms with E-state index in [0.29, 0.717) is 11.8 Å². The van der Waals surface area contributed by atoms with Crippen molar-refractivity contribution in [2.75, 3.05) is 11.8 Å². The maximum Gasteiger partial charge on any atom is 0.131 e. The molecule has 0 aromatic heterocycles. The van der Waals surface area contributed by atoms with E-state index in [1.165, 1.54) is 32.7 Å². The number of rotatable bonds is 8. The van der Waals surface area contributed by atoms with Crippen molar-refractivity contribution in [2.45, 2.75) is 25.7 Å². The average molecular weight is 423 g/mol. The SMILES string of the molecule is ClCCCc1cc2ccccc2cc1Oc1cc2ccccc2cc1CCCCl. The molecule has 3 heteroatoms. The van der Waals surface area contributed by atoms with Gasteiger partial charge in [0.1, 0.15) is 11.5 Å². The van der Waals surface area contributed by atoms with Crippen LogP contribution in [0.15, 0.2) is 72.8 Å². The van der Waals surface area contributed by atoms with Crippen molar-refractivity contribution in [1.82, 2.24) is 0 Å². The lowest BCUT2D eigenvalue weighted by Gasteiger charge is -2.16. The van der Waals surface area contributed by atoms with Crippen LogP contribution in [0.1, 0.15) is 24.0 Å². The summed E-state index contributed by atoms with van der Waals surface area (Å²) >= 11 is 12.0. The minimum absolute atomic E-state index is 0.642. The van der Waals surface area contributed by atoms with Gasteiger partial charge in [-0.3, -0.25) is 0 Å². The number of aryl methyl sites for hydroxylation is 2. The van der Waals surface area contributed by atoms with Gasteiger partial charge < -0.3 is 4.74 Å². The van der Waals surface area contributed by atoms with Gasteiger partial charge in [0.25, 0.3) is 0 Å². The van der Waals surface area contributed by atoms with Crippen molar-refractivity contribution in [1.29, 1.82) is 0 Å². The molecule has 0 saturated carbocycles. The molecule has 1 nitrogen and oxygen atoms in total. The number of benzene rings is 4. The van der Waals surface area contributed by atoms with E-state index in [9.17, 15) is 0 Å². The lowest BCUT2D eigenvalue weighted by molar-refractivity contribution is 0.471. The van der Waals surface area contributed by atoms with Crippen molar-refractivity contribution in [3.05, 3.63) is 83.9 Å². The monoisotopic (exact) mass is 422 g/mol. The zero-order chi connectivity index (χ0) is 20.1. The Hall–Kier alpha value is -2.22. The molecule has 0 aliphatic rings. The Morgan fingerprint density at radius 2 is 0.931 bits per heavy atom. The number of alkyl halides is 2. The van der Waals surface area contributed by atoms with Crippen LogP contribution in [0.4, 0.5) is 0 Å². The van der Waals surface area contributed by atoms with Gasteiger partial charge in [-0.2, -0.15) is 0 Å². The number of fused-ring (bicyclic) bond motifs is 2. The summed E-state index contributed by atoms with van der Waals surface area (Å²) in [6, 6.07) is 25.6. The van der Waals surface area contributed by atoms with Crippen molar-refractivity contribution in [3.63, 3.8) is 0 Å². The van der Waals surface area contributed by atoms with E-state index in [1.807, 2.05) is 0 Å². The highest BCUT2D eigenvalue weighted by Gasteiger charge is 2.12. The maximum absolute atomic E-state index is 6.56. The Morgan fingerprint density at radius 3 is 1.31 bits per heavy atom. The molecule has 0 radical (unpaired) electrons. The van der Waals surface area contributed by atoms with Crippen molar-refractivity contribution in [2.24, 2.45) is 0 Å². The van der Waals surface area contributed by atoms with E-state index >= 15 is 0 Å². The van der Waals surface area contributed by atoms with E-state index in [4.69, 9.17) is 27.9 Å². The molecule has 4 rings (SSSR count). The summed E-state index contributed by atoms with van der Waals surface area (Å²) in [4.78, 5) is 0. The van der Waals surface area contributed by atoms with Gasteiger partial charge >= 0.3 is 0 Å². The molecule has 0 N–H and O–H groups in total.